The molecule has 0 saturated heterocycles. The van der Waals surface area contributed by atoms with Crippen LogP contribution >= 0.6 is 0 Å². The summed E-state index contributed by atoms with van der Waals surface area (Å²) in [5.74, 6) is 0.613. The van der Waals surface area contributed by atoms with Crippen LogP contribution in [0.3, 0.4) is 0 Å². The van der Waals surface area contributed by atoms with Crippen molar-refractivity contribution in [1.29, 1.82) is 0 Å². The third-order valence-corrected chi connectivity index (χ3v) is 3.15. The van der Waals surface area contributed by atoms with Crippen molar-refractivity contribution < 1.29 is 9.21 Å². The standard InChI is InChI=1S/C14H10O3/c15-7-10-8-17-14-11-4-2-1-3-9(11)5-6-12(14)13(10)16/h1-4,7-8H,5-6H2. The van der Waals surface area contributed by atoms with Gasteiger partial charge in [0, 0.05) is 11.1 Å². The molecular formula is C14H10O3. The summed E-state index contributed by atoms with van der Waals surface area (Å²) in [4.78, 5) is 22.7. The van der Waals surface area contributed by atoms with Gasteiger partial charge in [-0.1, -0.05) is 24.3 Å². The van der Waals surface area contributed by atoms with Crippen LogP contribution in [-0.2, 0) is 12.8 Å². The van der Waals surface area contributed by atoms with Crippen molar-refractivity contribution in [2.75, 3.05) is 0 Å². The summed E-state index contributed by atoms with van der Waals surface area (Å²) >= 11 is 0. The molecule has 0 amide bonds. The zero-order valence-corrected chi connectivity index (χ0v) is 9.10. The van der Waals surface area contributed by atoms with Crippen LogP contribution in [0.5, 0.6) is 0 Å². The molecule has 1 aromatic carbocycles. The number of hydrogen-bond donors (Lipinski definition) is 0. The fourth-order valence-corrected chi connectivity index (χ4v) is 2.28. The number of aldehydes is 1. The first kappa shape index (κ1) is 10.0. The first-order valence-electron chi connectivity index (χ1n) is 5.49. The number of aryl methyl sites for hydroxylation is 1. The normalized spacial score (nSPS) is 12.7. The molecule has 0 radical (unpaired) electrons. The highest BCUT2D eigenvalue weighted by atomic mass is 16.3. The number of carbonyl (C=O) groups is 1. The Labute approximate surface area is 97.7 Å². The monoisotopic (exact) mass is 226 g/mol. The topological polar surface area (TPSA) is 47.3 Å². The second-order valence-electron chi connectivity index (χ2n) is 4.10. The molecule has 0 unspecified atom stereocenters. The van der Waals surface area contributed by atoms with Gasteiger partial charge >= 0.3 is 0 Å². The highest BCUT2D eigenvalue weighted by Gasteiger charge is 2.21. The lowest BCUT2D eigenvalue weighted by Gasteiger charge is -2.17. The van der Waals surface area contributed by atoms with E-state index in [1.807, 2.05) is 24.3 Å². The Kier molecular flexibility index (Phi) is 2.18. The molecule has 0 aliphatic heterocycles. The van der Waals surface area contributed by atoms with Crippen LogP contribution < -0.4 is 5.43 Å². The molecule has 1 heterocycles. The van der Waals surface area contributed by atoms with E-state index in [9.17, 15) is 9.59 Å². The Morgan fingerprint density at radius 1 is 1.18 bits per heavy atom. The van der Waals surface area contributed by atoms with E-state index in [0.717, 1.165) is 12.0 Å². The molecule has 3 rings (SSSR count). The van der Waals surface area contributed by atoms with E-state index in [1.54, 1.807) is 0 Å². The van der Waals surface area contributed by atoms with Crippen molar-refractivity contribution in [1.82, 2.24) is 0 Å². The first-order valence-corrected chi connectivity index (χ1v) is 5.49. The molecule has 1 aliphatic carbocycles. The van der Waals surface area contributed by atoms with Gasteiger partial charge in [0.2, 0.25) is 0 Å². The van der Waals surface area contributed by atoms with Gasteiger partial charge in [-0.05, 0) is 18.4 Å². The largest absolute Gasteiger partial charge is 0.463 e. The second kappa shape index (κ2) is 3.70. The Hall–Kier alpha value is -2.16. The van der Waals surface area contributed by atoms with Crippen LogP contribution in [-0.4, -0.2) is 6.29 Å². The predicted octanol–water partition coefficient (Wildman–Crippen LogP) is 2.22. The predicted molar refractivity (Wildman–Crippen MR) is 63.2 cm³/mol. The van der Waals surface area contributed by atoms with Crippen LogP contribution in [0.4, 0.5) is 0 Å². The van der Waals surface area contributed by atoms with E-state index >= 15 is 0 Å². The summed E-state index contributed by atoms with van der Waals surface area (Å²) in [6, 6.07) is 7.87. The molecule has 1 aromatic heterocycles. The number of rotatable bonds is 1. The molecule has 17 heavy (non-hydrogen) atoms. The Balaban J connectivity index is 2.32. The van der Waals surface area contributed by atoms with Crippen LogP contribution in [0.2, 0.25) is 0 Å². The van der Waals surface area contributed by atoms with Crippen LogP contribution in [0.25, 0.3) is 11.3 Å². The summed E-state index contributed by atoms with van der Waals surface area (Å²) in [5, 5.41) is 0. The number of hydrogen-bond acceptors (Lipinski definition) is 3. The smallest absolute Gasteiger partial charge is 0.199 e. The highest BCUT2D eigenvalue weighted by molar-refractivity contribution is 5.76. The van der Waals surface area contributed by atoms with Gasteiger partial charge in [0.05, 0.1) is 5.56 Å². The van der Waals surface area contributed by atoms with Gasteiger partial charge in [0.15, 0.2) is 11.7 Å². The molecule has 0 bridgehead atoms. The highest BCUT2D eigenvalue weighted by Crippen LogP contribution is 2.31. The summed E-state index contributed by atoms with van der Waals surface area (Å²) in [7, 11) is 0. The lowest BCUT2D eigenvalue weighted by Crippen LogP contribution is -2.18. The summed E-state index contributed by atoms with van der Waals surface area (Å²) < 4.78 is 5.45. The average molecular weight is 226 g/mol. The van der Waals surface area contributed by atoms with Crippen molar-refractivity contribution in [2.45, 2.75) is 12.8 Å². The van der Waals surface area contributed by atoms with Gasteiger partial charge < -0.3 is 4.42 Å². The van der Waals surface area contributed by atoms with Crippen LogP contribution in [0, 0.1) is 0 Å². The minimum absolute atomic E-state index is 0.100. The SMILES string of the molecule is O=Cc1coc2c(c1=O)CCc1ccccc1-2. The van der Waals surface area contributed by atoms with Gasteiger partial charge in [-0.25, -0.2) is 0 Å². The first-order chi connectivity index (χ1) is 8.31. The lowest BCUT2D eigenvalue weighted by molar-refractivity contribution is 0.112. The molecule has 0 spiro atoms. The van der Waals surface area contributed by atoms with Gasteiger partial charge in [-0.2, -0.15) is 0 Å². The molecule has 0 N–H and O–H groups in total. The molecular weight excluding hydrogens is 216 g/mol. The zero-order chi connectivity index (χ0) is 11.8. The van der Waals surface area contributed by atoms with E-state index in [0.29, 0.717) is 24.0 Å². The molecule has 0 saturated carbocycles. The molecule has 3 nitrogen and oxygen atoms in total. The van der Waals surface area contributed by atoms with Crippen molar-refractivity contribution in [3.05, 3.63) is 57.4 Å². The fraction of sp³-hybridized carbons (Fsp3) is 0.143. The summed E-state index contributed by atoms with van der Waals surface area (Å²) in [6.07, 6.45) is 3.25. The quantitative estimate of drug-likeness (QED) is 0.700. The van der Waals surface area contributed by atoms with Crippen LogP contribution in [0.1, 0.15) is 21.5 Å². The number of benzene rings is 1. The third-order valence-electron chi connectivity index (χ3n) is 3.15. The van der Waals surface area contributed by atoms with E-state index in [-0.39, 0.29) is 11.0 Å². The fourth-order valence-electron chi connectivity index (χ4n) is 2.28. The maximum absolute atomic E-state index is 12.0. The molecule has 3 heteroatoms. The van der Waals surface area contributed by atoms with E-state index in [4.69, 9.17) is 4.42 Å². The van der Waals surface area contributed by atoms with Gasteiger partial charge in [-0.15, -0.1) is 0 Å². The molecule has 2 aromatic rings. The van der Waals surface area contributed by atoms with E-state index in [2.05, 4.69) is 0 Å². The molecule has 1 aliphatic rings. The molecule has 0 fully saturated rings. The molecule has 84 valence electrons. The van der Waals surface area contributed by atoms with Crippen molar-refractivity contribution >= 4 is 6.29 Å². The van der Waals surface area contributed by atoms with E-state index in [1.165, 1.54) is 11.8 Å². The second-order valence-corrected chi connectivity index (χ2v) is 4.10. The van der Waals surface area contributed by atoms with Crippen molar-refractivity contribution in [2.24, 2.45) is 0 Å². The third kappa shape index (κ3) is 1.43. The van der Waals surface area contributed by atoms with E-state index < -0.39 is 0 Å². The molecule has 0 atom stereocenters. The summed E-state index contributed by atoms with van der Waals surface area (Å²) in [5.41, 5.74) is 2.66. The average Bonchev–Trinajstić information content (AvgIpc) is 2.39. The van der Waals surface area contributed by atoms with Crippen molar-refractivity contribution in [3.8, 4) is 11.3 Å². The Morgan fingerprint density at radius 3 is 2.82 bits per heavy atom. The lowest BCUT2D eigenvalue weighted by atomic mass is 9.89. The Bertz CT molecular complexity index is 653. The van der Waals surface area contributed by atoms with Gasteiger partial charge in [0.1, 0.15) is 12.0 Å². The number of fused-ring (bicyclic) bond motifs is 3. The van der Waals surface area contributed by atoms with Gasteiger partial charge in [0.25, 0.3) is 0 Å². The number of carbonyl (C=O) groups excluding carboxylic acids is 1. The minimum atomic E-state index is -0.198. The zero-order valence-electron chi connectivity index (χ0n) is 9.10. The Morgan fingerprint density at radius 2 is 2.00 bits per heavy atom. The summed E-state index contributed by atoms with van der Waals surface area (Å²) in [6.45, 7) is 0. The van der Waals surface area contributed by atoms with Crippen LogP contribution in [0.15, 0.2) is 39.7 Å². The maximum atomic E-state index is 12.0. The van der Waals surface area contributed by atoms with Crippen molar-refractivity contribution in [3.63, 3.8) is 0 Å². The van der Waals surface area contributed by atoms with Gasteiger partial charge in [-0.3, -0.25) is 9.59 Å². The minimum Gasteiger partial charge on any atom is -0.463 e. The maximum Gasteiger partial charge on any atom is 0.199 e.